The van der Waals surface area contributed by atoms with E-state index in [9.17, 15) is 18.0 Å². The summed E-state index contributed by atoms with van der Waals surface area (Å²) in [5, 5.41) is 0. The zero-order chi connectivity index (χ0) is 19.7. The van der Waals surface area contributed by atoms with E-state index in [0.717, 1.165) is 35.6 Å². The van der Waals surface area contributed by atoms with Gasteiger partial charge in [0, 0.05) is 16.3 Å². The van der Waals surface area contributed by atoms with Crippen LogP contribution in [0, 0.1) is 0 Å². The van der Waals surface area contributed by atoms with Crippen molar-refractivity contribution in [2.45, 2.75) is 29.6 Å². The molecular weight excluding hydrogens is 432 g/mol. The second kappa shape index (κ2) is 7.44. The van der Waals surface area contributed by atoms with Crippen LogP contribution in [0.2, 0.25) is 0 Å². The van der Waals surface area contributed by atoms with Crippen molar-refractivity contribution in [3.05, 3.63) is 64.1 Å². The lowest BCUT2D eigenvalue weighted by atomic mass is 9.64. The number of hydrogen-bond acceptors (Lipinski definition) is 4. The van der Waals surface area contributed by atoms with Crippen molar-refractivity contribution in [1.82, 2.24) is 10.9 Å². The van der Waals surface area contributed by atoms with Gasteiger partial charge in [-0.3, -0.25) is 20.4 Å². The molecule has 0 saturated heterocycles. The molecule has 6 nitrogen and oxygen atoms in total. The molecule has 0 aliphatic heterocycles. The molecule has 0 radical (unpaired) electrons. The lowest BCUT2D eigenvalue weighted by molar-refractivity contribution is -0.130. The standard InChI is InChI=1S/C19H19BrN2O4S/c1-27(25,26)16-9-3-13(4-10-16)17(23)21-22-18(24)19(11-2-12-19)14-5-7-15(20)8-6-14/h3-10H,2,11-12H2,1H3,(H,21,23)(H,22,24). The number of benzene rings is 2. The lowest BCUT2D eigenvalue weighted by Gasteiger charge is -2.40. The van der Waals surface area contributed by atoms with Crippen molar-refractivity contribution in [2.24, 2.45) is 0 Å². The Morgan fingerprint density at radius 2 is 1.56 bits per heavy atom. The van der Waals surface area contributed by atoms with Gasteiger partial charge in [-0.25, -0.2) is 8.42 Å². The summed E-state index contributed by atoms with van der Waals surface area (Å²) in [6.45, 7) is 0. The van der Waals surface area contributed by atoms with E-state index in [1.54, 1.807) is 0 Å². The maximum absolute atomic E-state index is 12.7. The Hall–Kier alpha value is -2.19. The smallest absolute Gasteiger partial charge is 0.269 e. The minimum atomic E-state index is -3.32. The predicted octanol–water partition coefficient (Wildman–Crippen LogP) is 2.74. The monoisotopic (exact) mass is 450 g/mol. The largest absolute Gasteiger partial charge is 0.272 e. The third-order valence-corrected chi connectivity index (χ3v) is 6.53. The average Bonchev–Trinajstić information content (AvgIpc) is 2.59. The molecule has 2 N–H and O–H groups in total. The SMILES string of the molecule is CS(=O)(=O)c1ccc(C(=O)NNC(=O)C2(c3ccc(Br)cc3)CCC2)cc1. The third kappa shape index (κ3) is 4.06. The van der Waals surface area contributed by atoms with Crippen molar-refractivity contribution in [2.75, 3.05) is 6.26 Å². The Morgan fingerprint density at radius 3 is 2.04 bits per heavy atom. The van der Waals surface area contributed by atoms with E-state index in [2.05, 4.69) is 26.8 Å². The molecule has 0 aromatic heterocycles. The van der Waals surface area contributed by atoms with E-state index in [4.69, 9.17) is 0 Å². The van der Waals surface area contributed by atoms with Crippen molar-refractivity contribution in [3.63, 3.8) is 0 Å². The highest BCUT2D eigenvalue weighted by Crippen LogP contribution is 2.44. The number of nitrogens with one attached hydrogen (secondary N) is 2. The van der Waals surface area contributed by atoms with Crippen LogP contribution in [0.4, 0.5) is 0 Å². The molecule has 1 fully saturated rings. The van der Waals surface area contributed by atoms with E-state index in [1.807, 2.05) is 24.3 Å². The van der Waals surface area contributed by atoms with Crippen LogP contribution >= 0.6 is 15.9 Å². The van der Waals surface area contributed by atoms with Gasteiger partial charge in [0.15, 0.2) is 9.84 Å². The van der Waals surface area contributed by atoms with Gasteiger partial charge in [-0.15, -0.1) is 0 Å². The van der Waals surface area contributed by atoms with Crippen molar-refractivity contribution in [1.29, 1.82) is 0 Å². The van der Waals surface area contributed by atoms with Crippen LogP contribution in [0.15, 0.2) is 57.9 Å². The van der Waals surface area contributed by atoms with Gasteiger partial charge in [-0.1, -0.05) is 34.5 Å². The fraction of sp³-hybridized carbons (Fsp3) is 0.263. The fourth-order valence-corrected chi connectivity index (χ4v) is 4.00. The Bertz CT molecular complexity index is 966. The topological polar surface area (TPSA) is 92.3 Å². The highest BCUT2D eigenvalue weighted by molar-refractivity contribution is 9.10. The summed E-state index contributed by atoms with van der Waals surface area (Å²) in [5.74, 6) is -0.758. The molecule has 2 amide bonds. The molecule has 0 atom stereocenters. The minimum absolute atomic E-state index is 0.131. The number of carbonyl (C=O) groups excluding carboxylic acids is 2. The van der Waals surface area contributed by atoms with E-state index in [-0.39, 0.29) is 16.4 Å². The molecule has 2 aromatic carbocycles. The van der Waals surface area contributed by atoms with Gasteiger partial charge in [0.1, 0.15) is 0 Å². The van der Waals surface area contributed by atoms with Crippen molar-refractivity contribution >= 4 is 37.6 Å². The zero-order valence-corrected chi connectivity index (χ0v) is 17.1. The summed E-state index contributed by atoms with van der Waals surface area (Å²) < 4.78 is 23.9. The number of amides is 2. The van der Waals surface area contributed by atoms with Crippen molar-refractivity contribution < 1.29 is 18.0 Å². The van der Waals surface area contributed by atoms with Gasteiger partial charge >= 0.3 is 0 Å². The second-order valence-corrected chi connectivity index (χ2v) is 9.58. The first-order valence-electron chi connectivity index (χ1n) is 8.39. The molecule has 142 valence electrons. The van der Waals surface area contributed by atoms with Gasteiger partial charge in [-0.05, 0) is 54.8 Å². The molecule has 1 saturated carbocycles. The first-order chi connectivity index (χ1) is 12.7. The van der Waals surface area contributed by atoms with Gasteiger partial charge in [-0.2, -0.15) is 0 Å². The number of sulfone groups is 1. The second-order valence-electron chi connectivity index (χ2n) is 6.65. The molecule has 0 unspecified atom stereocenters. The summed E-state index contributed by atoms with van der Waals surface area (Å²) in [4.78, 5) is 25.1. The molecule has 0 spiro atoms. The minimum Gasteiger partial charge on any atom is -0.272 e. The van der Waals surface area contributed by atoms with Crippen LogP contribution in [-0.2, 0) is 20.0 Å². The van der Waals surface area contributed by atoms with Crippen LogP contribution < -0.4 is 10.9 Å². The first-order valence-corrected chi connectivity index (χ1v) is 11.1. The lowest BCUT2D eigenvalue weighted by Crippen LogP contribution is -2.54. The maximum atomic E-state index is 12.7. The summed E-state index contributed by atoms with van der Waals surface area (Å²) in [5.41, 5.74) is 5.47. The van der Waals surface area contributed by atoms with Crippen LogP contribution in [0.5, 0.6) is 0 Å². The Labute approximate surface area is 166 Å². The molecule has 0 heterocycles. The number of rotatable bonds is 4. The molecule has 8 heteroatoms. The normalized spacial score (nSPS) is 15.5. The van der Waals surface area contributed by atoms with E-state index < -0.39 is 21.2 Å². The third-order valence-electron chi connectivity index (χ3n) is 4.87. The molecule has 27 heavy (non-hydrogen) atoms. The van der Waals surface area contributed by atoms with Crippen LogP contribution in [-0.4, -0.2) is 26.5 Å². The molecular formula is C19H19BrN2O4S. The van der Waals surface area contributed by atoms with Gasteiger partial charge in [0.25, 0.3) is 5.91 Å². The first kappa shape index (κ1) is 19.6. The molecule has 0 bridgehead atoms. The van der Waals surface area contributed by atoms with Gasteiger partial charge in [0.05, 0.1) is 10.3 Å². The summed E-state index contributed by atoms with van der Waals surface area (Å²) in [6, 6.07) is 13.2. The number of hydrazine groups is 1. The van der Waals surface area contributed by atoms with Crippen LogP contribution in [0.25, 0.3) is 0 Å². The average molecular weight is 451 g/mol. The highest BCUT2D eigenvalue weighted by Gasteiger charge is 2.45. The molecule has 2 aromatic rings. The Morgan fingerprint density at radius 1 is 0.963 bits per heavy atom. The Balaban J connectivity index is 1.67. The van der Waals surface area contributed by atoms with Gasteiger partial charge in [0.2, 0.25) is 5.91 Å². The zero-order valence-electron chi connectivity index (χ0n) is 14.7. The van der Waals surface area contributed by atoms with E-state index in [0.29, 0.717) is 0 Å². The molecule has 1 aliphatic rings. The fourth-order valence-electron chi connectivity index (χ4n) is 3.10. The summed E-state index contributed by atoms with van der Waals surface area (Å²) in [6.07, 6.45) is 3.49. The van der Waals surface area contributed by atoms with E-state index in [1.165, 1.54) is 24.3 Å². The Kier molecular flexibility index (Phi) is 5.39. The molecule has 3 rings (SSSR count). The van der Waals surface area contributed by atoms with Crippen LogP contribution in [0.1, 0.15) is 35.2 Å². The molecule has 1 aliphatic carbocycles. The van der Waals surface area contributed by atoms with Crippen molar-refractivity contribution in [3.8, 4) is 0 Å². The van der Waals surface area contributed by atoms with Crippen LogP contribution in [0.3, 0.4) is 0 Å². The highest BCUT2D eigenvalue weighted by atomic mass is 79.9. The van der Waals surface area contributed by atoms with Gasteiger partial charge < -0.3 is 0 Å². The summed E-state index contributed by atoms with van der Waals surface area (Å²) >= 11 is 3.39. The quantitative estimate of drug-likeness (QED) is 0.700. The number of halogens is 1. The number of carbonyl (C=O) groups is 2. The predicted molar refractivity (Wildman–Crippen MR) is 105 cm³/mol. The van der Waals surface area contributed by atoms with E-state index >= 15 is 0 Å². The summed E-state index contributed by atoms with van der Waals surface area (Å²) in [7, 11) is -3.32. The maximum Gasteiger partial charge on any atom is 0.269 e. The number of hydrogen-bond donors (Lipinski definition) is 2.